The molecule has 0 unspecified atom stereocenters. The molecule has 1 heterocycles. The van der Waals surface area contributed by atoms with E-state index in [4.69, 9.17) is 4.74 Å². The Morgan fingerprint density at radius 3 is 2.54 bits per heavy atom. The molecule has 2 N–H and O–H groups in total. The summed E-state index contributed by atoms with van der Waals surface area (Å²) in [6, 6.07) is 2.65. The topological polar surface area (TPSA) is 57.9 Å². The minimum Gasteiger partial charge on any atom is -0.494 e. The molecule has 0 aliphatic heterocycles. The van der Waals surface area contributed by atoms with E-state index in [-0.39, 0.29) is 11.4 Å². The monoisotopic (exact) mass is 182 g/mol. The molecule has 0 radical (unpaired) electrons. The molecular formula is C8H7FN2O2. The summed E-state index contributed by atoms with van der Waals surface area (Å²) in [6.45, 7) is 0. The highest BCUT2D eigenvalue weighted by Crippen LogP contribution is 2.20. The predicted molar refractivity (Wildman–Crippen MR) is 45.4 cm³/mol. The summed E-state index contributed by atoms with van der Waals surface area (Å²) < 4.78 is 17.8. The van der Waals surface area contributed by atoms with Crippen LogP contribution in [0.2, 0.25) is 0 Å². The van der Waals surface area contributed by atoms with Crippen LogP contribution in [0.25, 0.3) is 11.0 Å². The van der Waals surface area contributed by atoms with Gasteiger partial charge in [-0.15, -0.1) is 0 Å². The molecule has 0 aliphatic carbocycles. The van der Waals surface area contributed by atoms with E-state index in [1.165, 1.54) is 19.2 Å². The molecule has 5 heteroatoms. The van der Waals surface area contributed by atoms with Crippen LogP contribution in [0.1, 0.15) is 0 Å². The lowest BCUT2D eigenvalue weighted by Crippen LogP contribution is -1.99. The van der Waals surface area contributed by atoms with Crippen molar-refractivity contribution >= 4 is 11.0 Å². The van der Waals surface area contributed by atoms with Crippen LogP contribution in [0, 0.1) is 5.82 Å². The Kier molecular flexibility index (Phi) is 1.58. The van der Waals surface area contributed by atoms with Crippen molar-refractivity contribution in [2.75, 3.05) is 7.11 Å². The summed E-state index contributed by atoms with van der Waals surface area (Å²) in [7, 11) is 1.37. The van der Waals surface area contributed by atoms with Gasteiger partial charge in [0.05, 0.1) is 18.1 Å². The van der Waals surface area contributed by atoms with E-state index in [9.17, 15) is 9.18 Å². The molecule has 0 spiro atoms. The van der Waals surface area contributed by atoms with Crippen LogP contribution in [0.15, 0.2) is 16.9 Å². The lowest BCUT2D eigenvalue weighted by Gasteiger charge is -1.99. The van der Waals surface area contributed by atoms with Gasteiger partial charge in [-0.2, -0.15) is 0 Å². The van der Waals surface area contributed by atoms with Gasteiger partial charge >= 0.3 is 5.69 Å². The number of halogens is 1. The molecule has 0 aliphatic rings. The first kappa shape index (κ1) is 7.85. The Bertz CT molecular complexity index is 500. The van der Waals surface area contributed by atoms with E-state index in [1.54, 1.807) is 0 Å². The first-order chi connectivity index (χ1) is 6.20. The highest BCUT2D eigenvalue weighted by atomic mass is 19.1. The fraction of sp³-hybridized carbons (Fsp3) is 0.125. The Hall–Kier alpha value is -1.78. The van der Waals surface area contributed by atoms with Gasteiger partial charge < -0.3 is 14.7 Å². The molecule has 68 valence electrons. The summed E-state index contributed by atoms with van der Waals surface area (Å²) >= 11 is 0. The lowest BCUT2D eigenvalue weighted by molar-refractivity contribution is 0.387. The molecule has 2 rings (SSSR count). The molecule has 2 aromatic rings. The van der Waals surface area contributed by atoms with Crippen molar-refractivity contribution in [1.29, 1.82) is 0 Å². The maximum absolute atomic E-state index is 13.1. The van der Waals surface area contributed by atoms with Gasteiger partial charge in [0, 0.05) is 12.1 Å². The largest absolute Gasteiger partial charge is 0.494 e. The second kappa shape index (κ2) is 2.62. The number of imidazole rings is 1. The molecule has 0 saturated heterocycles. The highest BCUT2D eigenvalue weighted by molar-refractivity contribution is 5.76. The summed E-state index contributed by atoms with van der Waals surface area (Å²) in [6.07, 6.45) is 0. The molecule has 1 aromatic carbocycles. The zero-order valence-corrected chi connectivity index (χ0v) is 6.85. The first-order valence-electron chi connectivity index (χ1n) is 3.66. The minimum absolute atomic E-state index is 0.114. The van der Waals surface area contributed by atoms with Crippen LogP contribution in [-0.4, -0.2) is 17.1 Å². The summed E-state index contributed by atoms with van der Waals surface area (Å²) in [5.74, 6) is -0.381. The maximum Gasteiger partial charge on any atom is 0.323 e. The smallest absolute Gasteiger partial charge is 0.323 e. The van der Waals surface area contributed by atoms with Crippen molar-refractivity contribution in [3.8, 4) is 5.75 Å². The van der Waals surface area contributed by atoms with E-state index in [2.05, 4.69) is 9.97 Å². The zero-order chi connectivity index (χ0) is 9.42. The second-order valence-corrected chi connectivity index (χ2v) is 2.61. The van der Waals surface area contributed by atoms with Gasteiger partial charge in [-0.25, -0.2) is 9.18 Å². The van der Waals surface area contributed by atoms with E-state index in [0.29, 0.717) is 11.0 Å². The number of fused-ring (bicyclic) bond motifs is 1. The van der Waals surface area contributed by atoms with Gasteiger partial charge in [0.15, 0.2) is 11.6 Å². The van der Waals surface area contributed by atoms with Gasteiger partial charge in [0.1, 0.15) is 0 Å². The number of aromatic nitrogens is 2. The third-order valence-electron chi connectivity index (χ3n) is 1.79. The van der Waals surface area contributed by atoms with Crippen molar-refractivity contribution in [3.05, 3.63) is 28.4 Å². The van der Waals surface area contributed by atoms with Crippen molar-refractivity contribution in [2.24, 2.45) is 0 Å². The first-order valence-corrected chi connectivity index (χ1v) is 3.66. The van der Waals surface area contributed by atoms with Crippen molar-refractivity contribution in [2.45, 2.75) is 0 Å². The third-order valence-corrected chi connectivity index (χ3v) is 1.79. The predicted octanol–water partition coefficient (Wildman–Crippen LogP) is 1.00. The van der Waals surface area contributed by atoms with Crippen molar-refractivity contribution in [3.63, 3.8) is 0 Å². The van der Waals surface area contributed by atoms with E-state index < -0.39 is 5.82 Å². The normalized spacial score (nSPS) is 10.6. The molecule has 4 nitrogen and oxygen atoms in total. The van der Waals surface area contributed by atoms with Crippen LogP contribution in [-0.2, 0) is 0 Å². The number of ether oxygens (including phenoxy) is 1. The average molecular weight is 182 g/mol. The van der Waals surface area contributed by atoms with E-state index in [1.807, 2.05) is 0 Å². The summed E-state index contributed by atoms with van der Waals surface area (Å²) in [4.78, 5) is 15.8. The standard InChI is InChI=1S/C8H7FN2O2/c1-13-7-3-6-5(2-4(7)9)10-8(12)11-6/h2-3H,1H3,(H2,10,11,12). The molecule has 0 fully saturated rings. The van der Waals surface area contributed by atoms with Crippen LogP contribution in [0.5, 0.6) is 5.75 Å². The fourth-order valence-corrected chi connectivity index (χ4v) is 1.19. The Balaban J connectivity index is 2.80. The Labute approximate surface area is 72.3 Å². The number of aromatic amines is 2. The lowest BCUT2D eigenvalue weighted by atomic mass is 10.3. The van der Waals surface area contributed by atoms with Crippen LogP contribution in [0.3, 0.4) is 0 Å². The number of H-pyrrole nitrogens is 2. The number of rotatable bonds is 1. The summed E-state index contributed by atoms with van der Waals surface area (Å²) in [5, 5.41) is 0. The Morgan fingerprint density at radius 1 is 1.31 bits per heavy atom. The van der Waals surface area contributed by atoms with Crippen LogP contribution in [0.4, 0.5) is 4.39 Å². The number of hydrogen-bond acceptors (Lipinski definition) is 2. The molecule has 0 amide bonds. The number of benzene rings is 1. The van der Waals surface area contributed by atoms with E-state index in [0.717, 1.165) is 0 Å². The number of nitrogens with one attached hydrogen (secondary N) is 2. The number of hydrogen-bond donors (Lipinski definition) is 2. The number of methoxy groups -OCH3 is 1. The van der Waals surface area contributed by atoms with Gasteiger partial charge in [0.2, 0.25) is 0 Å². The van der Waals surface area contributed by atoms with Crippen LogP contribution >= 0.6 is 0 Å². The quantitative estimate of drug-likeness (QED) is 0.691. The van der Waals surface area contributed by atoms with Gasteiger partial charge in [-0.3, -0.25) is 0 Å². The Morgan fingerprint density at radius 2 is 1.92 bits per heavy atom. The molecule has 0 atom stereocenters. The second-order valence-electron chi connectivity index (χ2n) is 2.61. The molecular weight excluding hydrogens is 175 g/mol. The molecule has 13 heavy (non-hydrogen) atoms. The zero-order valence-electron chi connectivity index (χ0n) is 6.85. The maximum atomic E-state index is 13.1. The highest BCUT2D eigenvalue weighted by Gasteiger charge is 2.06. The van der Waals surface area contributed by atoms with Crippen molar-refractivity contribution < 1.29 is 9.13 Å². The molecule has 0 bridgehead atoms. The minimum atomic E-state index is -0.495. The summed E-state index contributed by atoms with van der Waals surface area (Å²) in [5.41, 5.74) is 0.606. The van der Waals surface area contributed by atoms with Crippen LogP contribution < -0.4 is 10.4 Å². The molecule has 1 aromatic heterocycles. The van der Waals surface area contributed by atoms with Crippen molar-refractivity contribution in [1.82, 2.24) is 9.97 Å². The van der Waals surface area contributed by atoms with Gasteiger partial charge in [-0.1, -0.05) is 0 Å². The van der Waals surface area contributed by atoms with Gasteiger partial charge in [0.25, 0.3) is 0 Å². The average Bonchev–Trinajstić information content (AvgIpc) is 2.42. The van der Waals surface area contributed by atoms with Gasteiger partial charge in [-0.05, 0) is 0 Å². The SMILES string of the molecule is COc1cc2[nH]c(=O)[nH]c2cc1F. The third kappa shape index (κ3) is 1.18. The van der Waals surface area contributed by atoms with E-state index >= 15 is 0 Å². The molecule has 0 saturated carbocycles. The fourth-order valence-electron chi connectivity index (χ4n) is 1.19.